The molecule has 174 valence electrons. The monoisotopic (exact) mass is 480 g/mol. The van der Waals surface area contributed by atoms with E-state index in [2.05, 4.69) is 20.0 Å². The summed E-state index contributed by atoms with van der Waals surface area (Å²) in [6.45, 7) is 0.575. The number of carbonyl (C=O) groups excluding carboxylic acids is 1. The van der Waals surface area contributed by atoms with Crippen molar-refractivity contribution in [2.45, 2.75) is 11.0 Å². The molecule has 0 bridgehead atoms. The summed E-state index contributed by atoms with van der Waals surface area (Å²) in [6.07, 6.45) is -0.322. The first-order valence-corrected chi connectivity index (χ1v) is 11.9. The van der Waals surface area contributed by atoms with Gasteiger partial charge in [-0.3, -0.25) is 9.52 Å². The van der Waals surface area contributed by atoms with Crippen LogP contribution in [0.25, 0.3) is 11.0 Å². The van der Waals surface area contributed by atoms with Crippen LogP contribution in [0, 0.1) is 0 Å². The third kappa shape index (κ3) is 4.46. The van der Waals surface area contributed by atoms with E-state index in [4.69, 9.17) is 9.47 Å². The van der Waals surface area contributed by atoms with Gasteiger partial charge in [0, 0.05) is 11.3 Å². The van der Waals surface area contributed by atoms with Crippen molar-refractivity contribution in [3.8, 4) is 11.5 Å². The fourth-order valence-corrected chi connectivity index (χ4v) is 4.64. The number of hydrogen-bond acceptors (Lipinski definition) is 6. The minimum absolute atomic E-state index is 0.00616. The highest BCUT2D eigenvalue weighted by molar-refractivity contribution is 7.92. The Morgan fingerprint density at radius 3 is 2.50 bits per heavy atom. The third-order valence-electron chi connectivity index (χ3n) is 5.25. The van der Waals surface area contributed by atoms with Crippen LogP contribution >= 0.6 is 0 Å². The quantitative estimate of drug-likeness (QED) is 0.333. The lowest BCUT2D eigenvalue weighted by molar-refractivity contribution is 0.0789. The van der Waals surface area contributed by atoms with Crippen molar-refractivity contribution in [2.24, 2.45) is 0 Å². The first-order chi connectivity index (χ1) is 16.4. The Bertz CT molecular complexity index is 1530. The Morgan fingerprint density at radius 1 is 0.971 bits per heavy atom. The molecule has 1 aromatic heterocycles. The molecule has 0 saturated heterocycles. The molecule has 10 nitrogen and oxygen atoms in total. The van der Waals surface area contributed by atoms with Gasteiger partial charge in [0.1, 0.15) is 12.7 Å². The number of anilines is 1. The topological polar surface area (TPSA) is 142 Å². The molecule has 0 saturated carbocycles. The maximum absolute atomic E-state index is 12.7. The Kier molecular flexibility index (Phi) is 5.46. The van der Waals surface area contributed by atoms with Crippen LogP contribution in [0.4, 0.5) is 5.69 Å². The zero-order valence-electron chi connectivity index (χ0n) is 17.7. The van der Waals surface area contributed by atoms with Gasteiger partial charge < -0.3 is 24.8 Å². The Balaban J connectivity index is 1.20. The molecule has 11 heteroatoms. The second kappa shape index (κ2) is 8.60. The van der Waals surface area contributed by atoms with Crippen LogP contribution in [0.1, 0.15) is 10.4 Å². The van der Waals surface area contributed by atoms with Crippen LogP contribution in [0.5, 0.6) is 11.5 Å². The van der Waals surface area contributed by atoms with Gasteiger partial charge in [0.25, 0.3) is 15.9 Å². The first kappa shape index (κ1) is 21.6. The lowest BCUT2D eigenvalue weighted by atomic mass is 10.2. The number of benzene rings is 3. The van der Waals surface area contributed by atoms with Crippen molar-refractivity contribution in [2.75, 3.05) is 17.9 Å². The van der Waals surface area contributed by atoms with Gasteiger partial charge in [0.15, 0.2) is 11.5 Å². The molecule has 2 heterocycles. The van der Waals surface area contributed by atoms with Crippen molar-refractivity contribution in [3.05, 3.63) is 82.8 Å². The molecule has 0 fully saturated rings. The molecule has 0 radical (unpaired) electrons. The van der Waals surface area contributed by atoms with Crippen LogP contribution < -0.4 is 25.2 Å². The Labute approximate surface area is 194 Å². The van der Waals surface area contributed by atoms with Gasteiger partial charge in [-0.05, 0) is 54.6 Å². The van der Waals surface area contributed by atoms with Gasteiger partial charge in [-0.15, -0.1) is 0 Å². The molecule has 0 spiro atoms. The van der Waals surface area contributed by atoms with Crippen molar-refractivity contribution >= 4 is 32.7 Å². The number of aromatic nitrogens is 2. The van der Waals surface area contributed by atoms with E-state index in [0.717, 1.165) is 0 Å². The fraction of sp³-hybridized carbons (Fsp3) is 0.130. The molecule has 1 atom stereocenters. The van der Waals surface area contributed by atoms with Gasteiger partial charge in [0.05, 0.1) is 22.5 Å². The molecule has 34 heavy (non-hydrogen) atoms. The lowest BCUT2D eigenvalue weighted by Gasteiger charge is -2.26. The SMILES string of the molecule is O=C(NCC1COc2ccccc2O1)c1ccc(NS(=O)(=O)c2ccc3[nH]c(=O)[nH]c3c2)cc1. The Hall–Kier alpha value is -4.25. The molecule has 4 aromatic rings. The molecular weight excluding hydrogens is 460 g/mol. The highest BCUT2D eigenvalue weighted by atomic mass is 32.2. The molecule has 4 N–H and O–H groups in total. The summed E-state index contributed by atoms with van der Waals surface area (Å²) in [5.74, 6) is 0.981. The van der Waals surface area contributed by atoms with E-state index in [0.29, 0.717) is 40.4 Å². The predicted molar refractivity (Wildman–Crippen MR) is 125 cm³/mol. The summed E-state index contributed by atoms with van der Waals surface area (Å²) in [7, 11) is -3.89. The van der Waals surface area contributed by atoms with Crippen molar-refractivity contribution in [1.82, 2.24) is 15.3 Å². The Morgan fingerprint density at radius 2 is 1.71 bits per heavy atom. The summed E-state index contributed by atoms with van der Waals surface area (Å²) in [4.78, 5) is 29.0. The van der Waals surface area contributed by atoms with Gasteiger partial charge in [0.2, 0.25) is 0 Å². The van der Waals surface area contributed by atoms with E-state index >= 15 is 0 Å². The number of imidazole rings is 1. The van der Waals surface area contributed by atoms with Crippen molar-refractivity contribution in [1.29, 1.82) is 0 Å². The van der Waals surface area contributed by atoms with Gasteiger partial charge in [-0.2, -0.15) is 0 Å². The number of ether oxygens (including phenoxy) is 2. The highest BCUT2D eigenvalue weighted by Gasteiger charge is 2.21. The number of amides is 1. The average Bonchev–Trinajstić information content (AvgIpc) is 3.22. The zero-order valence-corrected chi connectivity index (χ0v) is 18.5. The number of carbonyl (C=O) groups is 1. The molecular formula is C23H20N4O6S. The van der Waals surface area contributed by atoms with Gasteiger partial charge in [-0.1, -0.05) is 12.1 Å². The van der Waals surface area contributed by atoms with Crippen molar-refractivity contribution < 1.29 is 22.7 Å². The van der Waals surface area contributed by atoms with E-state index in [1.54, 1.807) is 6.07 Å². The summed E-state index contributed by atoms with van der Waals surface area (Å²) < 4.78 is 39.4. The van der Waals surface area contributed by atoms with E-state index < -0.39 is 15.7 Å². The smallest absolute Gasteiger partial charge is 0.323 e. The summed E-state index contributed by atoms with van der Waals surface area (Å²) in [6, 6.07) is 17.6. The molecule has 1 aliphatic rings. The molecule has 1 amide bonds. The van der Waals surface area contributed by atoms with Crippen LogP contribution in [0.2, 0.25) is 0 Å². The lowest BCUT2D eigenvalue weighted by Crippen LogP contribution is -2.40. The van der Waals surface area contributed by atoms with Gasteiger partial charge >= 0.3 is 5.69 Å². The number of sulfonamides is 1. The van der Waals surface area contributed by atoms with Crippen LogP contribution in [0.15, 0.2) is 76.4 Å². The van der Waals surface area contributed by atoms with E-state index in [1.165, 1.54) is 42.5 Å². The molecule has 0 aliphatic carbocycles. The number of aromatic amines is 2. The van der Waals surface area contributed by atoms with E-state index in [-0.39, 0.29) is 23.5 Å². The fourth-order valence-electron chi connectivity index (χ4n) is 3.55. The highest BCUT2D eigenvalue weighted by Crippen LogP contribution is 2.30. The summed E-state index contributed by atoms with van der Waals surface area (Å²) >= 11 is 0. The number of hydrogen-bond donors (Lipinski definition) is 4. The minimum atomic E-state index is -3.89. The maximum atomic E-state index is 12.7. The van der Waals surface area contributed by atoms with Crippen LogP contribution in [-0.4, -0.2) is 43.5 Å². The normalized spacial score (nSPS) is 15.1. The molecule has 1 aliphatic heterocycles. The molecule has 1 unspecified atom stereocenters. The van der Waals surface area contributed by atoms with Gasteiger partial charge in [-0.25, -0.2) is 13.2 Å². The zero-order chi connectivity index (χ0) is 23.7. The number of para-hydroxylation sites is 2. The summed E-state index contributed by atoms with van der Waals surface area (Å²) in [5.41, 5.74) is 1.13. The third-order valence-corrected chi connectivity index (χ3v) is 6.63. The average molecular weight is 481 g/mol. The molecule has 5 rings (SSSR count). The summed E-state index contributed by atoms with van der Waals surface area (Å²) in [5, 5.41) is 2.80. The van der Waals surface area contributed by atoms with E-state index in [9.17, 15) is 18.0 Å². The second-order valence-corrected chi connectivity index (χ2v) is 9.36. The number of nitrogens with one attached hydrogen (secondary N) is 4. The van der Waals surface area contributed by atoms with Crippen molar-refractivity contribution in [3.63, 3.8) is 0 Å². The maximum Gasteiger partial charge on any atom is 0.323 e. The first-order valence-electron chi connectivity index (χ1n) is 10.4. The number of fused-ring (bicyclic) bond motifs is 2. The van der Waals surface area contributed by atoms with E-state index in [1.807, 2.05) is 18.2 Å². The van der Waals surface area contributed by atoms with Crippen LogP contribution in [0.3, 0.4) is 0 Å². The van der Waals surface area contributed by atoms with Crippen LogP contribution in [-0.2, 0) is 10.0 Å². The number of H-pyrrole nitrogens is 2. The molecule has 3 aromatic carbocycles. The standard InChI is InChI=1S/C23H20N4O6S/c28-22(24-12-16-13-32-20-3-1-2-4-21(20)33-16)14-5-7-15(8-6-14)27-34(30,31)17-9-10-18-19(11-17)26-23(29)25-18/h1-11,16,27H,12-13H2,(H,24,28)(H2,25,26,29). The largest absolute Gasteiger partial charge is 0.486 e. The second-order valence-electron chi connectivity index (χ2n) is 7.68. The predicted octanol–water partition coefficient (Wildman–Crippen LogP) is 2.23. The minimum Gasteiger partial charge on any atom is -0.486 e. The number of rotatable bonds is 6.